The van der Waals surface area contributed by atoms with E-state index in [1.54, 1.807) is 12.4 Å². The maximum Gasteiger partial charge on any atom is 0.305 e. The molecule has 118 valence electrons. The first-order chi connectivity index (χ1) is 10.5. The first kappa shape index (κ1) is 15.4. The predicted molar refractivity (Wildman–Crippen MR) is 88.1 cm³/mol. The first-order valence-electron chi connectivity index (χ1n) is 7.08. The van der Waals surface area contributed by atoms with Crippen LogP contribution in [0.1, 0.15) is 12.0 Å². The number of nitrogens with zero attached hydrogens (tertiary/aromatic N) is 3. The summed E-state index contributed by atoms with van der Waals surface area (Å²) in [6.07, 6.45) is 5.97. The Morgan fingerprint density at radius 3 is 2.55 bits per heavy atom. The minimum absolute atomic E-state index is 0.361. The van der Waals surface area contributed by atoms with Gasteiger partial charge in [-0.05, 0) is 23.6 Å². The van der Waals surface area contributed by atoms with Crippen LogP contribution in [-0.2, 0) is 10.2 Å². The summed E-state index contributed by atoms with van der Waals surface area (Å²) in [5.41, 5.74) is 2.09. The van der Waals surface area contributed by atoms with Gasteiger partial charge in [0.15, 0.2) is 0 Å². The molecule has 3 rings (SSSR count). The third-order valence-electron chi connectivity index (χ3n) is 3.86. The summed E-state index contributed by atoms with van der Waals surface area (Å²) in [6, 6.07) is 7.65. The predicted octanol–water partition coefficient (Wildman–Crippen LogP) is 2.35. The van der Waals surface area contributed by atoms with Crippen LogP contribution < -0.4 is 0 Å². The zero-order chi connectivity index (χ0) is 15.7. The highest BCUT2D eigenvalue weighted by molar-refractivity contribution is 7.86. The molecule has 5 nitrogen and oxygen atoms in total. The van der Waals surface area contributed by atoms with E-state index in [1.807, 2.05) is 42.3 Å². The summed E-state index contributed by atoms with van der Waals surface area (Å²) >= 11 is 6.21. The molecular formula is C15H18ClN3O2S. The lowest BCUT2D eigenvalue weighted by atomic mass is 10.0. The highest BCUT2D eigenvalue weighted by Crippen LogP contribution is 2.29. The van der Waals surface area contributed by atoms with Gasteiger partial charge in [0.25, 0.3) is 0 Å². The smallest absolute Gasteiger partial charge is 0.305 e. The molecule has 0 aliphatic carbocycles. The number of benzene rings is 1. The third-order valence-corrected chi connectivity index (χ3v) is 6.01. The molecule has 1 aromatic carbocycles. The highest BCUT2D eigenvalue weighted by atomic mass is 35.5. The van der Waals surface area contributed by atoms with Crippen molar-refractivity contribution < 1.29 is 8.42 Å². The minimum atomic E-state index is -3.45. The first-order valence-corrected chi connectivity index (χ1v) is 8.85. The van der Waals surface area contributed by atoms with Gasteiger partial charge in [-0.25, -0.2) is 4.31 Å². The van der Waals surface area contributed by atoms with Crippen LogP contribution in [-0.4, -0.2) is 48.7 Å². The van der Waals surface area contributed by atoms with Crippen LogP contribution in [0.5, 0.6) is 0 Å². The molecule has 2 aliphatic heterocycles. The molecule has 2 heterocycles. The van der Waals surface area contributed by atoms with E-state index in [-0.39, 0.29) is 0 Å². The van der Waals surface area contributed by atoms with Crippen molar-refractivity contribution in [2.45, 2.75) is 6.42 Å². The molecule has 2 aliphatic rings. The average Bonchev–Trinajstić information content (AvgIpc) is 2.95. The summed E-state index contributed by atoms with van der Waals surface area (Å²) in [7, 11) is -1.60. The van der Waals surface area contributed by atoms with Gasteiger partial charge in [0, 0.05) is 37.6 Å². The van der Waals surface area contributed by atoms with Gasteiger partial charge >= 0.3 is 10.2 Å². The number of halogens is 1. The Morgan fingerprint density at radius 1 is 1.18 bits per heavy atom. The van der Waals surface area contributed by atoms with Crippen molar-refractivity contribution in [2.75, 3.05) is 26.8 Å². The summed E-state index contributed by atoms with van der Waals surface area (Å²) in [4.78, 5) is 1.83. The van der Waals surface area contributed by atoms with Crippen LogP contribution in [0.3, 0.4) is 0 Å². The Morgan fingerprint density at radius 2 is 1.95 bits per heavy atom. The van der Waals surface area contributed by atoms with E-state index in [9.17, 15) is 8.42 Å². The second kappa shape index (κ2) is 5.95. The fourth-order valence-electron chi connectivity index (χ4n) is 2.63. The molecule has 0 saturated carbocycles. The summed E-state index contributed by atoms with van der Waals surface area (Å²) in [5, 5.41) is 0.703. The maximum atomic E-state index is 12.6. The van der Waals surface area contributed by atoms with Gasteiger partial charge in [-0.3, -0.25) is 0 Å². The Labute approximate surface area is 136 Å². The molecule has 7 heteroatoms. The molecule has 0 bridgehead atoms. The largest absolute Gasteiger partial charge is 0.361 e. The van der Waals surface area contributed by atoms with Crippen molar-refractivity contribution in [3.63, 3.8) is 0 Å². The van der Waals surface area contributed by atoms with Crippen LogP contribution in [0, 0.1) is 0 Å². The Balaban J connectivity index is 1.76. The zero-order valence-electron chi connectivity index (χ0n) is 12.3. The minimum Gasteiger partial charge on any atom is -0.361 e. The van der Waals surface area contributed by atoms with E-state index in [0.717, 1.165) is 11.1 Å². The second-order valence-corrected chi connectivity index (χ2v) is 7.70. The van der Waals surface area contributed by atoms with Crippen LogP contribution >= 0.6 is 11.6 Å². The molecule has 0 amide bonds. The molecular weight excluding hydrogens is 322 g/mol. The molecule has 0 atom stereocenters. The van der Waals surface area contributed by atoms with Crippen molar-refractivity contribution in [1.29, 1.82) is 0 Å². The molecule has 22 heavy (non-hydrogen) atoms. The summed E-state index contributed by atoms with van der Waals surface area (Å²) in [5.74, 6) is 0. The molecule has 0 aromatic heterocycles. The van der Waals surface area contributed by atoms with Gasteiger partial charge in [-0.1, -0.05) is 35.9 Å². The van der Waals surface area contributed by atoms with Crippen molar-refractivity contribution in [3.05, 3.63) is 53.3 Å². The van der Waals surface area contributed by atoms with Crippen molar-refractivity contribution >= 4 is 27.4 Å². The molecule has 0 saturated heterocycles. The van der Waals surface area contributed by atoms with E-state index in [4.69, 9.17) is 11.6 Å². The molecule has 0 fully saturated rings. The van der Waals surface area contributed by atoms with E-state index in [2.05, 4.69) is 0 Å². The van der Waals surface area contributed by atoms with Crippen LogP contribution in [0.25, 0.3) is 5.57 Å². The van der Waals surface area contributed by atoms with E-state index in [0.29, 0.717) is 31.2 Å². The molecule has 0 N–H and O–H groups in total. The lowest BCUT2D eigenvalue weighted by molar-refractivity contribution is 0.346. The van der Waals surface area contributed by atoms with E-state index < -0.39 is 10.2 Å². The highest BCUT2D eigenvalue weighted by Gasteiger charge is 2.31. The number of rotatable bonds is 3. The van der Waals surface area contributed by atoms with E-state index in [1.165, 1.54) is 8.61 Å². The fraction of sp³-hybridized carbons (Fsp3) is 0.333. The van der Waals surface area contributed by atoms with E-state index >= 15 is 0 Å². The molecule has 1 aromatic rings. The molecule has 0 spiro atoms. The van der Waals surface area contributed by atoms with Crippen molar-refractivity contribution in [3.8, 4) is 0 Å². The van der Waals surface area contributed by atoms with Gasteiger partial charge < -0.3 is 4.90 Å². The summed E-state index contributed by atoms with van der Waals surface area (Å²) < 4.78 is 28.0. The third kappa shape index (κ3) is 2.86. The molecule has 0 unspecified atom stereocenters. The fourth-order valence-corrected chi connectivity index (χ4v) is 4.30. The monoisotopic (exact) mass is 339 g/mol. The lowest BCUT2D eigenvalue weighted by Gasteiger charge is -2.30. The van der Waals surface area contributed by atoms with Crippen LogP contribution in [0.15, 0.2) is 42.7 Å². The number of hydrogen-bond acceptors (Lipinski definition) is 3. The van der Waals surface area contributed by atoms with Gasteiger partial charge in [0.2, 0.25) is 0 Å². The van der Waals surface area contributed by atoms with Gasteiger partial charge in [-0.2, -0.15) is 12.7 Å². The topological polar surface area (TPSA) is 43.9 Å². The van der Waals surface area contributed by atoms with Crippen LogP contribution in [0.4, 0.5) is 0 Å². The van der Waals surface area contributed by atoms with Gasteiger partial charge in [0.05, 0.1) is 0 Å². The van der Waals surface area contributed by atoms with Crippen molar-refractivity contribution in [1.82, 2.24) is 13.5 Å². The average molecular weight is 340 g/mol. The normalized spacial score (nSPS) is 19.6. The maximum absolute atomic E-state index is 12.6. The standard InChI is InChI=1S/C15H18ClN3O2S/c1-17-10-11-19(12-17)22(20,21)18-8-6-13(7-9-18)14-4-2-3-5-15(14)16/h2-6,10-11H,7-9,12H2,1H3. The Kier molecular flexibility index (Phi) is 4.16. The zero-order valence-corrected chi connectivity index (χ0v) is 13.9. The summed E-state index contributed by atoms with van der Waals surface area (Å²) in [6.45, 7) is 1.20. The van der Waals surface area contributed by atoms with Gasteiger partial charge in [0.1, 0.15) is 6.67 Å². The Bertz CT molecular complexity index is 730. The lowest BCUT2D eigenvalue weighted by Crippen LogP contribution is -2.43. The quantitative estimate of drug-likeness (QED) is 0.849. The molecule has 0 radical (unpaired) electrons. The van der Waals surface area contributed by atoms with Gasteiger partial charge in [-0.15, -0.1) is 0 Å². The second-order valence-electron chi connectivity index (χ2n) is 5.41. The number of hydrogen-bond donors (Lipinski definition) is 0. The van der Waals surface area contributed by atoms with Crippen LogP contribution in [0.2, 0.25) is 5.02 Å². The SMILES string of the molecule is CN1C=CN(S(=O)(=O)N2CC=C(c3ccccc3Cl)CC2)C1. The Hall–Kier alpha value is -1.50. The van der Waals surface area contributed by atoms with Crippen molar-refractivity contribution in [2.24, 2.45) is 0 Å².